The molecule has 5 saturated heterocycles. The molecule has 21 heteroatoms. The van der Waals surface area contributed by atoms with Gasteiger partial charge in [-0.3, -0.25) is 29.7 Å². The van der Waals surface area contributed by atoms with Crippen molar-refractivity contribution in [3.63, 3.8) is 0 Å². The number of pyridine rings is 1. The molecular formula is C60H73ClF2N10O8. The Morgan fingerprint density at radius 3 is 2.32 bits per heavy atom. The normalized spacial score (nSPS) is 20.8. The Hall–Kier alpha value is -6.48. The van der Waals surface area contributed by atoms with Crippen LogP contribution in [0.1, 0.15) is 101 Å². The molecule has 2 aromatic heterocycles. The highest BCUT2D eigenvalue weighted by Crippen LogP contribution is 2.47. The van der Waals surface area contributed by atoms with Crippen molar-refractivity contribution in [3.05, 3.63) is 76.4 Å². The molecule has 432 valence electrons. The maximum Gasteiger partial charge on any atom is 0.410 e. The molecule has 2 unspecified atom stereocenters. The van der Waals surface area contributed by atoms with Crippen LogP contribution in [-0.4, -0.2) is 169 Å². The summed E-state index contributed by atoms with van der Waals surface area (Å²) in [6, 6.07) is 10.8. The first-order valence-corrected chi connectivity index (χ1v) is 29.1. The van der Waals surface area contributed by atoms with Gasteiger partial charge in [-0.15, -0.1) is 0 Å². The number of urea groups is 1. The van der Waals surface area contributed by atoms with E-state index in [4.69, 9.17) is 45.5 Å². The van der Waals surface area contributed by atoms with Crippen molar-refractivity contribution in [3.8, 4) is 23.0 Å². The lowest BCUT2D eigenvalue weighted by molar-refractivity contribution is -0.120. The summed E-state index contributed by atoms with van der Waals surface area (Å²) in [5, 5.41) is 4.27. The molecule has 0 spiro atoms. The lowest BCUT2D eigenvalue weighted by Crippen LogP contribution is -2.57. The molecule has 81 heavy (non-hydrogen) atoms. The van der Waals surface area contributed by atoms with Crippen LogP contribution in [0.4, 0.5) is 29.9 Å². The smallest absolute Gasteiger partial charge is 0.410 e. The second kappa shape index (κ2) is 23.4. The van der Waals surface area contributed by atoms with E-state index in [9.17, 15) is 19.2 Å². The number of nitrogens with zero attached hydrogens (tertiary/aromatic N) is 9. The number of nitrogens with one attached hydrogen (secondary N) is 1. The van der Waals surface area contributed by atoms with Crippen molar-refractivity contribution < 1.29 is 46.9 Å². The average Bonchev–Trinajstić information content (AvgIpc) is 4.36. The number of aryl methyl sites for hydroxylation is 1. The van der Waals surface area contributed by atoms with Crippen molar-refractivity contribution in [1.29, 1.82) is 0 Å². The Morgan fingerprint density at radius 2 is 1.63 bits per heavy atom. The number of benzene rings is 3. The number of fused-ring (bicyclic) bond motifs is 4. The fourth-order valence-corrected chi connectivity index (χ4v) is 12.9. The third-order valence-corrected chi connectivity index (χ3v) is 17.5. The number of hydrogen-bond acceptors (Lipinski definition) is 14. The van der Waals surface area contributed by atoms with E-state index in [1.807, 2.05) is 37.5 Å². The molecule has 3 aromatic carbocycles. The standard InChI is InChI=1S/C60H73ClF2N10O8/c1-6-43-47(62)14-10-38-28-42(80-36-78-5)30-44(50(38)43)52-51(63)53-45(31-64-52)54(71-32-40-11-12-41(33-71)73(40)58(77)81-59(2,3)4)67-56(66-53)79-35-60(18-19-60)34-69-26-24-68(25-27-69)20-7-8-37-15-21-70(22-16-37)55(75)39-9-13-46(61)48(29-39)72-23-17-49(74)65-57(72)76/h9-10,13-14,28-31,37,40-41H,6-8,11-12,15-27,32-36H2,1-5H3,(H,65,74,76). The summed E-state index contributed by atoms with van der Waals surface area (Å²) in [6.45, 7) is 16.0. The molecule has 2 bridgehead atoms. The van der Waals surface area contributed by atoms with E-state index in [0.29, 0.717) is 100 Å². The Balaban J connectivity index is 0.734. The van der Waals surface area contributed by atoms with E-state index in [0.717, 1.165) is 90.6 Å². The summed E-state index contributed by atoms with van der Waals surface area (Å²) in [5.74, 6) is -0.0661. The minimum absolute atomic E-state index is 0.00677. The number of rotatable bonds is 17. The summed E-state index contributed by atoms with van der Waals surface area (Å²) in [5.41, 5.74) is 0.977. The summed E-state index contributed by atoms with van der Waals surface area (Å²) in [6.07, 6.45) is 9.42. The molecule has 6 fully saturated rings. The summed E-state index contributed by atoms with van der Waals surface area (Å²) in [4.78, 5) is 78.3. The van der Waals surface area contributed by atoms with Crippen LogP contribution in [0.25, 0.3) is 32.9 Å². The molecule has 1 saturated carbocycles. The number of imide groups is 1. The SMILES string of the molecule is CCc1c(F)ccc2cc(OCOC)cc(-c3ncc4c(N5CC6CCC(C5)N6C(=O)OC(C)(C)C)nc(OCC5(CN6CCN(CCCC7CCN(C(=O)c8ccc(Cl)c(N9CCC(=O)NC9=O)c8)CC7)CC6)CC5)nc4c3F)c12. The fraction of sp³-hybridized carbons (Fsp3) is 0.550. The van der Waals surface area contributed by atoms with Crippen LogP contribution in [-0.2, 0) is 20.7 Å². The molecule has 7 heterocycles. The number of likely N-dealkylation sites (tertiary alicyclic amines) is 1. The number of halogens is 3. The summed E-state index contributed by atoms with van der Waals surface area (Å²) < 4.78 is 56.7. The number of ether oxygens (including phenoxy) is 4. The predicted octanol–water partition coefficient (Wildman–Crippen LogP) is 9.47. The molecular weight excluding hydrogens is 1060 g/mol. The van der Waals surface area contributed by atoms with E-state index in [1.165, 1.54) is 18.1 Å². The number of amides is 5. The molecule has 0 radical (unpaired) electrons. The zero-order valence-corrected chi connectivity index (χ0v) is 47.8. The van der Waals surface area contributed by atoms with Crippen molar-refractivity contribution in [2.45, 2.75) is 110 Å². The Morgan fingerprint density at radius 1 is 0.889 bits per heavy atom. The van der Waals surface area contributed by atoms with E-state index in [-0.39, 0.29) is 72.4 Å². The minimum Gasteiger partial charge on any atom is -0.468 e. The molecule has 6 aliphatic rings. The summed E-state index contributed by atoms with van der Waals surface area (Å²) in [7, 11) is 1.52. The van der Waals surface area contributed by atoms with E-state index in [2.05, 4.69) is 20.0 Å². The van der Waals surface area contributed by atoms with Gasteiger partial charge in [-0.25, -0.2) is 18.4 Å². The van der Waals surface area contributed by atoms with Crippen molar-refractivity contribution >= 4 is 68.7 Å². The van der Waals surface area contributed by atoms with Crippen LogP contribution in [0, 0.1) is 23.0 Å². The minimum atomic E-state index is -0.692. The first kappa shape index (κ1) is 56.4. The zero-order chi connectivity index (χ0) is 56.7. The molecule has 5 aromatic rings. The molecule has 1 N–H and O–H groups in total. The first-order valence-electron chi connectivity index (χ1n) is 28.7. The molecule has 1 aliphatic carbocycles. The van der Waals surface area contributed by atoms with Crippen LogP contribution >= 0.6 is 11.6 Å². The molecule has 5 aliphatic heterocycles. The van der Waals surface area contributed by atoms with Gasteiger partial charge >= 0.3 is 18.1 Å². The number of carbonyl (C=O) groups is 4. The maximum atomic E-state index is 17.7. The first-order chi connectivity index (χ1) is 39.0. The van der Waals surface area contributed by atoms with Gasteiger partial charge in [0.05, 0.1) is 34.8 Å². The van der Waals surface area contributed by atoms with Crippen LogP contribution in [0.3, 0.4) is 0 Å². The third-order valence-electron chi connectivity index (χ3n) is 17.1. The monoisotopic (exact) mass is 1130 g/mol. The van der Waals surface area contributed by atoms with Gasteiger partial charge in [0.2, 0.25) is 5.91 Å². The number of methoxy groups -OCH3 is 1. The van der Waals surface area contributed by atoms with Gasteiger partial charge < -0.3 is 38.5 Å². The highest BCUT2D eigenvalue weighted by atomic mass is 35.5. The van der Waals surface area contributed by atoms with Gasteiger partial charge in [-0.1, -0.05) is 24.6 Å². The molecule has 18 nitrogen and oxygen atoms in total. The van der Waals surface area contributed by atoms with Gasteiger partial charge in [-0.05, 0) is 144 Å². The van der Waals surface area contributed by atoms with Crippen LogP contribution in [0.5, 0.6) is 11.8 Å². The van der Waals surface area contributed by atoms with E-state index in [1.54, 1.807) is 42.6 Å². The van der Waals surface area contributed by atoms with Gasteiger partial charge in [0.15, 0.2) is 12.6 Å². The largest absolute Gasteiger partial charge is 0.468 e. The quantitative estimate of drug-likeness (QED) is 0.0872. The van der Waals surface area contributed by atoms with E-state index >= 15 is 8.78 Å². The van der Waals surface area contributed by atoms with Crippen LogP contribution in [0.2, 0.25) is 5.02 Å². The maximum absolute atomic E-state index is 17.7. The van der Waals surface area contributed by atoms with Gasteiger partial charge in [-0.2, -0.15) is 9.97 Å². The second-order valence-electron chi connectivity index (χ2n) is 23.9. The van der Waals surface area contributed by atoms with Crippen LogP contribution in [0.15, 0.2) is 48.7 Å². The lowest BCUT2D eigenvalue weighted by Gasteiger charge is -2.42. The second-order valence-corrected chi connectivity index (χ2v) is 24.3. The van der Waals surface area contributed by atoms with Gasteiger partial charge in [0.1, 0.15) is 34.2 Å². The fourth-order valence-electron chi connectivity index (χ4n) is 12.7. The van der Waals surface area contributed by atoms with Crippen molar-refractivity contribution in [2.24, 2.45) is 11.3 Å². The number of piperazine rings is 2. The number of piperidine rings is 1. The van der Waals surface area contributed by atoms with Gasteiger partial charge in [0, 0.05) is 102 Å². The third kappa shape index (κ3) is 12.2. The number of carbonyl (C=O) groups excluding carboxylic acids is 4. The molecule has 2 atom stereocenters. The summed E-state index contributed by atoms with van der Waals surface area (Å²) >= 11 is 6.45. The number of aromatic nitrogens is 3. The number of anilines is 2. The average molecular weight is 1140 g/mol. The van der Waals surface area contributed by atoms with Gasteiger partial charge in [0.25, 0.3) is 5.91 Å². The highest BCUT2D eigenvalue weighted by Gasteiger charge is 2.47. The Bertz CT molecular complexity index is 3200. The van der Waals surface area contributed by atoms with E-state index < -0.39 is 23.3 Å². The Kier molecular flexibility index (Phi) is 16.3. The lowest BCUT2D eigenvalue weighted by atomic mass is 9.91. The van der Waals surface area contributed by atoms with Crippen LogP contribution < -0.4 is 24.6 Å². The molecule has 5 amide bonds. The highest BCUT2D eigenvalue weighted by molar-refractivity contribution is 6.34. The topological polar surface area (TPSA) is 175 Å². The Labute approximate surface area is 476 Å². The van der Waals surface area contributed by atoms with Crippen molar-refractivity contribution in [1.82, 2.24) is 39.9 Å². The number of hydrogen-bond donors (Lipinski definition) is 1. The predicted molar refractivity (Wildman–Crippen MR) is 304 cm³/mol. The zero-order valence-electron chi connectivity index (χ0n) is 47.0. The molecule has 11 rings (SSSR count). The van der Waals surface area contributed by atoms with Crippen molar-refractivity contribution in [2.75, 3.05) is 102 Å².